The number of aromatic nitrogens is 2. The van der Waals surface area contributed by atoms with Crippen LogP contribution in [-0.2, 0) is 22.0 Å². The molecule has 1 aliphatic rings. The molecule has 1 aromatic heterocycles. The molecule has 6 nitrogen and oxygen atoms in total. The van der Waals surface area contributed by atoms with E-state index in [1.807, 2.05) is 0 Å². The van der Waals surface area contributed by atoms with Crippen LogP contribution in [0.1, 0.15) is 36.1 Å². The van der Waals surface area contributed by atoms with Crippen molar-refractivity contribution >= 4 is 10.0 Å². The highest BCUT2D eigenvalue weighted by Crippen LogP contribution is 2.33. The van der Waals surface area contributed by atoms with E-state index in [0.29, 0.717) is 5.56 Å². The molecule has 26 heavy (non-hydrogen) atoms. The van der Waals surface area contributed by atoms with Crippen molar-refractivity contribution in [3.8, 4) is 0 Å². The van der Waals surface area contributed by atoms with Crippen molar-refractivity contribution in [1.29, 1.82) is 0 Å². The fourth-order valence-corrected chi connectivity index (χ4v) is 4.37. The SMILES string of the molecule is O=S(=O)(Cc1cccc(F)c1)N1CCC(c2nnc(C(F)(F)F)o2)CC1. The van der Waals surface area contributed by atoms with Gasteiger partial charge in [0.25, 0.3) is 0 Å². The lowest BCUT2D eigenvalue weighted by molar-refractivity contribution is -0.157. The van der Waals surface area contributed by atoms with Gasteiger partial charge in [-0.05, 0) is 30.5 Å². The van der Waals surface area contributed by atoms with E-state index < -0.39 is 33.8 Å². The minimum absolute atomic E-state index is 0.117. The zero-order valence-electron chi connectivity index (χ0n) is 13.4. The van der Waals surface area contributed by atoms with E-state index in [1.54, 1.807) is 0 Å². The monoisotopic (exact) mass is 393 g/mol. The number of hydrogen-bond acceptors (Lipinski definition) is 5. The number of piperidine rings is 1. The number of sulfonamides is 1. The van der Waals surface area contributed by atoms with Gasteiger partial charge in [-0.25, -0.2) is 17.1 Å². The van der Waals surface area contributed by atoms with Crippen LogP contribution in [0.3, 0.4) is 0 Å². The molecule has 1 aromatic carbocycles. The van der Waals surface area contributed by atoms with Crippen LogP contribution in [0.2, 0.25) is 0 Å². The van der Waals surface area contributed by atoms with Crippen LogP contribution in [0.25, 0.3) is 0 Å². The largest absolute Gasteiger partial charge is 0.470 e. The summed E-state index contributed by atoms with van der Waals surface area (Å²) in [4.78, 5) is 0. The predicted molar refractivity (Wildman–Crippen MR) is 81.9 cm³/mol. The molecular formula is C15H15F4N3O3S. The Hall–Kier alpha value is -2.01. The standard InChI is InChI=1S/C15H15F4N3O3S/c16-12-3-1-2-10(8-12)9-26(23,24)22-6-4-11(5-7-22)13-20-21-14(25-13)15(17,18)19/h1-3,8,11H,4-7,9H2. The second-order valence-electron chi connectivity index (χ2n) is 6.00. The van der Waals surface area contributed by atoms with Crippen LogP contribution in [0, 0.1) is 5.82 Å². The third-order valence-corrected chi connectivity index (χ3v) is 5.97. The summed E-state index contributed by atoms with van der Waals surface area (Å²) in [6.07, 6.45) is -4.18. The van der Waals surface area contributed by atoms with Gasteiger partial charge >= 0.3 is 12.1 Å². The van der Waals surface area contributed by atoms with E-state index in [9.17, 15) is 26.0 Å². The first-order valence-corrected chi connectivity index (χ1v) is 9.39. The summed E-state index contributed by atoms with van der Waals surface area (Å²) < 4.78 is 81.5. The third-order valence-electron chi connectivity index (χ3n) is 4.12. The highest BCUT2D eigenvalue weighted by molar-refractivity contribution is 7.88. The van der Waals surface area contributed by atoms with Gasteiger partial charge < -0.3 is 4.42 Å². The van der Waals surface area contributed by atoms with Crippen molar-refractivity contribution in [3.05, 3.63) is 47.4 Å². The Kier molecular flexibility index (Phi) is 5.02. The molecule has 2 aromatic rings. The van der Waals surface area contributed by atoms with Crippen molar-refractivity contribution in [2.75, 3.05) is 13.1 Å². The first-order chi connectivity index (χ1) is 12.1. The second kappa shape index (κ2) is 6.95. The molecule has 3 rings (SSSR count). The smallest absolute Gasteiger partial charge is 0.417 e. The van der Waals surface area contributed by atoms with Crippen LogP contribution < -0.4 is 0 Å². The summed E-state index contributed by atoms with van der Waals surface area (Å²) in [6.45, 7) is 0.234. The highest BCUT2D eigenvalue weighted by Gasteiger charge is 2.39. The molecule has 11 heteroatoms. The van der Waals surface area contributed by atoms with E-state index in [-0.39, 0.29) is 37.6 Å². The van der Waals surface area contributed by atoms with Gasteiger partial charge in [0.05, 0.1) is 5.75 Å². The van der Waals surface area contributed by atoms with Gasteiger partial charge in [0.1, 0.15) is 5.82 Å². The number of halogens is 4. The van der Waals surface area contributed by atoms with E-state index in [2.05, 4.69) is 14.6 Å². The molecule has 0 bridgehead atoms. The summed E-state index contributed by atoms with van der Waals surface area (Å²) in [5.41, 5.74) is 0.332. The van der Waals surface area contributed by atoms with Crippen LogP contribution in [-0.4, -0.2) is 36.0 Å². The topological polar surface area (TPSA) is 76.3 Å². The Morgan fingerprint density at radius 3 is 2.46 bits per heavy atom. The lowest BCUT2D eigenvalue weighted by Crippen LogP contribution is -2.38. The average molecular weight is 393 g/mol. The van der Waals surface area contributed by atoms with Crippen molar-refractivity contribution in [1.82, 2.24) is 14.5 Å². The van der Waals surface area contributed by atoms with E-state index in [0.717, 1.165) is 6.07 Å². The Balaban J connectivity index is 1.63. The number of nitrogens with zero attached hydrogens (tertiary/aromatic N) is 3. The van der Waals surface area contributed by atoms with Crippen molar-refractivity contribution < 1.29 is 30.4 Å². The van der Waals surface area contributed by atoms with Crippen LogP contribution in [0.15, 0.2) is 28.7 Å². The Morgan fingerprint density at radius 1 is 1.19 bits per heavy atom. The van der Waals surface area contributed by atoms with Crippen LogP contribution in [0.5, 0.6) is 0 Å². The number of alkyl halides is 3. The summed E-state index contributed by atoms with van der Waals surface area (Å²) >= 11 is 0. The summed E-state index contributed by atoms with van der Waals surface area (Å²) in [7, 11) is -3.66. The second-order valence-corrected chi connectivity index (χ2v) is 7.97. The molecule has 0 amide bonds. The molecule has 0 saturated carbocycles. The summed E-state index contributed by atoms with van der Waals surface area (Å²) in [5, 5.41) is 6.41. The van der Waals surface area contributed by atoms with E-state index >= 15 is 0 Å². The zero-order valence-corrected chi connectivity index (χ0v) is 14.2. The first-order valence-electron chi connectivity index (χ1n) is 7.78. The number of rotatable bonds is 4. The molecular weight excluding hydrogens is 378 g/mol. The lowest BCUT2D eigenvalue weighted by Gasteiger charge is -2.29. The maximum absolute atomic E-state index is 13.2. The quantitative estimate of drug-likeness (QED) is 0.747. The van der Waals surface area contributed by atoms with Crippen molar-refractivity contribution in [2.45, 2.75) is 30.7 Å². The van der Waals surface area contributed by atoms with Gasteiger partial charge in [0, 0.05) is 19.0 Å². The number of benzene rings is 1. The maximum Gasteiger partial charge on any atom is 0.470 e. The van der Waals surface area contributed by atoms with E-state index in [4.69, 9.17) is 0 Å². The molecule has 0 spiro atoms. The Morgan fingerprint density at radius 2 is 1.88 bits per heavy atom. The molecule has 0 radical (unpaired) electrons. The molecule has 1 fully saturated rings. The predicted octanol–water partition coefficient (Wildman–Crippen LogP) is 2.94. The van der Waals surface area contributed by atoms with E-state index in [1.165, 1.54) is 22.5 Å². The third kappa shape index (κ3) is 4.21. The van der Waals surface area contributed by atoms with Gasteiger partial charge in [-0.15, -0.1) is 10.2 Å². The summed E-state index contributed by atoms with van der Waals surface area (Å²) in [6, 6.07) is 5.33. The molecule has 1 saturated heterocycles. The molecule has 142 valence electrons. The summed E-state index contributed by atoms with van der Waals surface area (Å²) in [5.74, 6) is -2.84. The highest BCUT2D eigenvalue weighted by atomic mass is 32.2. The molecule has 0 atom stereocenters. The lowest BCUT2D eigenvalue weighted by atomic mass is 9.98. The minimum Gasteiger partial charge on any atom is -0.417 e. The molecule has 0 N–H and O–H groups in total. The van der Waals surface area contributed by atoms with Crippen LogP contribution >= 0.6 is 0 Å². The van der Waals surface area contributed by atoms with Gasteiger partial charge in [0.2, 0.25) is 15.9 Å². The number of hydrogen-bond donors (Lipinski definition) is 0. The molecule has 0 unspecified atom stereocenters. The van der Waals surface area contributed by atoms with Crippen molar-refractivity contribution in [2.24, 2.45) is 0 Å². The van der Waals surface area contributed by atoms with Gasteiger partial charge in [0.15, 0.2) is 0 Å². The van der Waals surface area contributed by atoms with Gasteiger partial charge in [-0.3, -0.25) is 0 Å². The van der Waals surface area contributed by atoms with Gasteiger partial charge in [-0.2, -0.15) is 13.2 Å². The Bertz CT molecular complexity index is 874. The molecule has 2 heterocycles. The average Bonchev–Trinajstić information content (AvgIpc) is 3.05. The first kappa shape index (κ1) is 18.8. The molecule has 0 aliphatic carbocycles. The fourth-order valence-electron chi connectivity index (χ4n) is 2.82. The normalized spacial score (nSPS) is 17.5. The zero-order chi connectivity index (χ0) is 18.9. The molecule has 1 aliphatic heterocycles. The van der Waals surface area contributed by atoms with Crippen LogP contribution in [0.4, 0.5) is 17.6 Å². The fraction of sp³-hybridized carbons (Fsp3) is 0.467. The Labute approximate surface area is 146 Å². The van der Waals surface area contributed by atoms with Crippen molar-refractivity contribution in [3.63, 3.8) is 0 Å². The minimum atomic E-state index is -4.71. The maximum atomic E-state index is 13.2. The van der Waals surface area contributed by atoms with Gasteiger partial charge in [-0.1, -0.05) is 12.1 Å².